The third-order valence-electron chi connectivity index (χ3n) is 2.21. The van der Waals surface area contributed by atoms with Crippen molar-refractivity contribution in [3.8, 4) is 0 Å². The molecule has 0 aromatic rings. The molecule has 0 amide bonds. The molecule has 1 unspecified atom stereocenters. The Bertz CT molecular complexity index is 212. The molecule has 2 heteroatoms. The molecule has 0 saturated carbocycles. The zero-order valence-corrected chi connectivity index (χ0v) is 8.72. The van der Waals surface area contributed by atoms with Gasteiger partial charge in [0.1, 0.15) is 5.94 Å². The van der Waals surface area contributed by atoms with Crippen LogP contribution in [0.25, 0.3) is 0 Å². The van der Waals surface area contributed by atoms with Crippen LogP contribution >= 0.6 is 0 Å². The van der Waals surface area contributed by atoms with Gasteiger partial charge >= 0.3 is 0 Å². The molecule has 0 N–H and O–H groups in total. The van der Waals surface area contributed by atoms with Crippen molar-refractivity contribution in [1.29, 1.82) is 0 Å². The number of unbranched alkanes of at least 4 members (excludes halogenated alkanes) is 1. The lowest BCUT2D eigenvalue weighted by Crippen LogP contribution is -2.13. The number of carbonyl (C=O) groups excluding carboxylic acids is 2. The minimum absolute atomic E-state index is 0.0173. The maximum Gasteiger partial charge on any atom is 0.172 e. The van der Waals surface area contributed by atoms with E-state index in [1.807, 2.05) is 13.8 Å². The first-order valence-corrected chi connectivity index (χ1v) is 4.95. The van der Waals surface area contributed by atoms with E-state index in [0.29, 0.717) is 12.0 Å². The van der Waals surface area contributed by atoms with E-state index in [9.17, 15) is 9.59 Å². The monoisotopic (exact) mass is 182 g/mol. The molecular weight excluding hydrogens is 164 g/mol. The van der Waals surface area contributed by atoms with Crippen molar-refractivity contribution in [2.75, 3.05) is 0 Å². The van der Waals surface area contributed by atoms with Gasteiger partial charge in [-0.3, -0.25) is 4.79 Å². The van der Waals surface area contributed by atoms with Crippen molar-refractivity contribution in [2.45, 2.75) is 46.5 Å². The average Bonchev–Trinajstić information content (AvgIpc) is 2.15. The van der Waals surface area contributed by atoms with Crippen molar-refractivity contribution >= 4 is 11.7 Å². The third kappa shape index (κ3) is 4.05. The van der Waals surface area contributed by atoms with Crippen molar-refractivity contribution in [3.05, 3.63) is 5.57 Å². The molecule has 0 spiro atoms. The molecular formula is C11H18O2. The third-order valence-corrected chi connectivity index (χ3v) is 2.21. The summed E-state index contributed by atoms with van der Waals surface area (Å²) in [5.41, 5.74) is 0.309. The summed E-state index contributed by atoms with van der Waals surface area (Å²) < 4.78 is 0. The van der Waals surface area contributed by atoms with Gasteiger partial charge in [-0.2, -0.15) is 0 Å². The van der Waals surface area contributed by atoms with Crippen LogP contribution < -0.4 is 0 Å². The van der Waals surface area contributed by atoms with Crippen LogP contribution in [-0.2, 0) is 9.59 Å². The van der Waals surface area contributed by atoms with E-state index in [1.54, 1.807) is 5.94 Å². The van der Waals surface area contributed by atoms with Crippen LogP contribution in [0.1, 0.15) is 46.5 Å². The first-order valence-electron chi connectivity index (χ1n) is 4.95. The summed E-state index contributed by atoms with van der Waals surface area (Å²) in [7, 11) is 0. The maximum atomic E-state index is 11.5. The van der Waals surface area contributed by atoms with E-state index in [-0.39, 0.29) is 11.7 Å². The lowest BCUT2D eigenvalue weighted by Gasteiger charge is -2.08. The van der Waals surface area contributed by atoms with E-state index >= 15 is 0 Å². The quantitative estimate of drug-likeness (QED) is 0.467. The molecule has 0 fully saturated rings. The molecule has 0 aromatic carbocycles. The van der Waals surface area contributed by atoms with Crippen LogP contribution in [0.2, 0.25) is 0 Å². The van der Waals surface area contributed by atoms with Gasteiger partial charge in [0, 0.05) is 5.92 Å². The topological polar surface area (TPSA) is 34.1 Å². The molecule has 0 heterocycles. The average molecular weight is 182 g/mol. The molecule has 2 nitrogen and oxygen atoms in total. The van der Waals surface area contributed by atoms with Crippen molar-refractivity contribution < 1.29 is 9.59 Å². The Hall–Kier alpha value is -0.880. The van der Waals surface area contributed by atoms with E-state index in [0.717, 1.165) is 19.3 Å². The number of rotatable bonds is 6. The zero-order chi connectivity index (χ0) is 10.3. The predicted octanol–water partition coefficient (Wildman–Crippen LogP) is 2.55. The fourth-order valence-corrected chi connectivity index (χ4v) is 1.24. The van der Waals surface area contributed by atoms with Gasteiger partial charge < -0.3 is 0 Å². The van der Waals surface area contributed by atoms with Gasteiger partial charge in [-0.05, 0) is 12.8 Å². The van der Waals surface area contributed by atoms with Gasteiger partial charge in [-0.1, -0.05) is 33.6 Å². The maximum absolute atomic E-state index is 11.5. The Morgan fingerprint density at radius 1 is 1.38 bits per heavy atom. The van der Waals surface area contributed by atoms with E-state index < -0.39 is 0 Å². The summed E-state index contributed by atoms with van der Waals surface area (Å²) in [6, 6.07) is 0. The Labute approximate surface area is 80.0 Å². The highest BCUT2D eigenvalue weighted by Crippen LogP contribution is 2.13. The number of hydrogen-bond donors (Lipinski definition) is 0. The van der Waals surface area contributed by atoms with Gasteiger partial charge in [0.05, 0.1) is 5.57 Å². The van der Waals surface area contributed by atoms with Crippen LogP contribution in [0.15, 0.2) is 5.57 Å². The second kappa shape index (κ2) is 6.62. The second-order valence-electron chi connectivity index (χ2n) is 3.34. The molecule has 1 atom stereocenters. The number of ketones is 1. The molecule has 0 rings (SSSR count). The van der Waals surface area contributed by atoms with Crippen molar-refractivity contribution in [2.24, 2.45) is 5.92 Å². The summed E-state index contributed by atoms with van der Waals surface area (Å²) in [6.45, 7) is 5.78. The summed E-state index contributed by atoms with van der Waals surface area (Å²) in [5.74, 6) is 1.69. The molecule has 0 saturated heterocycles. The van der Waals surface area contributed by atoms with Gasteiger partial charge in [0.25, 0.3) is 0 Å². The number of allylic oxidation sites excluding steroid dienone is 1. The SMILES string of the molecule is CCCCC(C)C(=O)C(=C=O)CC. The fraction of sp³-hybridized carbons (Fsp3) is 0.727. The van der Waals surface area contributed by atoms with Gasteiger partial charge in [0.15, 0.2) is 5.78 Å². The Morgan fingerprint density at radius 3 is 2.38 bits per heavy atom. The zero-order valence-electron chi connectivity index (χ0n) is 8.72. The van der Waals surface area contributed by atoms with Gasteiger partial charge in [-0.15, -0.1) is 0 Å². The van der Waals surface area contributed by atoms with Crippen LogP contribution in [0.3, 0.4) is 0 Å². The Morgan fingerprint density at radius 2 is 2.00 bits per heavy atom. The smallest absolute Gasteiger partial charge is 0.172 e. The van der Waals surface area contributed by atoms with Gasteiger partial charge in [0.2, 0.25) is 0 Å². The molecule has 0 bridgehead atoms. The van der Waals surface area contributed by atoms with Crippen molar-refractivity contribution in [3.63, 3.8) is 0 Å². The number of hydrogen-bond acceptors (Lipinski definition) is 2. The second-order valence-corrected chi connectivity index (χ2v) is 3.34. The minimum Gasteiger partial charge on any atom is -0.293 e. The highest BCUT2D eigenvalue weighted by Gasteiger charge is 2.16. The molecule has 0 aliphatic rings. The lowest BCUT2D eigenvalue weighted by molar-refractivity contribution is -0.118. The number of Topliss-reactive ketones (excluding diaryl/α,β-unsaturated/α-hetero) is 1. The van der Waals surface area contributed by atoms with E-state index in [4.69, 9.17) is 0 Å². The first-order chi connectivity index (χ1) is 6.17. The molecule has 0 radical (unpaired) electrons. The predicted molar refractivity (Wildman–Crippen MR) is 53.2 cm³/mol. The molecule has 74 valence electrons. The minimum atomic E-state index is -0.0223. The summed E-state index contributed by atoms with van der Waals surface area (Å²) in [6.07, 6.45) is 3.51. The Balaban J connectivity index is 4.16. The van der Waals surface area contributed by atoms with E-state index in [1.165, 1.54) is 0 Å². The highest BCUT2D eigenvalue weighted by molar-refractivity contribution is 6.03. The first kappa shape index (κ1) is 12.1. The van der Waals surface area contributed by atoms with Crippen LogP contribution in [0.4, 0.5) is 0 Å². The molecule has 0 aliphatic heterocycles. The Kier molecular flexibility index (Phi) is 6.17. The molecule has 0 aliphatic carbocycles. The standard InChI is InChI=1S/C11H18O2/c1-4-6-7-9(3)11(13)10(5-2)8-12/h9H,4-7H2,1-3H3. The highest BCUT2D eigenvalue weighted by atomic mass is 16.1. The normalized spacial score (nSPS) is 11.9. The largest absolute Gasteiger partial charge is 0.293 e. The van der Waals surface area contributed by atoms with Gasteiger partial charge in [-0.25, -0.2) is 4.79 Å². The van der Waals surface area contributed by atoms with Crippen LogP contribution in [-0.4, -0.2) is 11.7 Å². The number of carbonyl (C=O) groups is 1. The van der Waals surface area contributed by atoms with Crippen LogP contribution in [0, 0.1) is 5.92 Å². The lowest BCUT2D eigenvalue weighted by atomic mass is 9.94. The van der Waals surface area contributed by atoms with E-state index in [2.05, 4.69) is 6.92 Å². The summed E-state index contributed by atoms with van der Waals surface area (Å²) >= 11 is 0. The summed E-state index contributed by atoms with van der Waals surface area (Å²) in [4.78, 5) is 21.9. The fourth-order valence-electron chi connectivity index (χ4n) is 1.24. The molecule has 0 aromatic heterocycles. The van der Waals surface area contributed by atoms with Crippen molar-refractivity contribution in [1.82, 2.24) is 0 Å². The van der Waals surface area contributed by atoms with Crippen LogP contribution in [0.5, 0.6) is 0 Å². The molecule has 13 heavy (non-hydrogen) atoms. The summed E-state index contributed by atoms with van der Waals surface area (Å²) in [5, 5.41) is 0.